The maximum Gasteiger partial charge on any atom is 0.410 e. The summed E-state index contributed by atoms with van der Waals surface area (Å²) < 4.78 is 38.4. The van der Waals surface area contributed by atoms with Crippen molar-refractivity contribution in [2.45, 2.75) is 172 Å². The minimum atomic E-state index is -0.592. The van der Waals surface area contributed by atoms with E-state index in [1.807, 2.05) is 122 Å². The van der Waals surface area contributed by atoms with Crippen LogP contribution in [0.25, 0.3) is 87.1 Å². The topological polar surface area (TPSA) is 420 Å². The first kappa shape index (κ1) is 94.0. The van der Waals surface area contributed by atoms with E-state index in [-0.39, 0.29) is 98.0 Å². The Balaban J connectivity index is 0.000000126. The van der Waals surface area contributed by atoms with Crippen LogP contribution in [0.1, 0.15) is 167 Å². The molecule has 8 heterocycles. The van der Waals surface area contributed by atoms with E-state index in [0.717, 1.165) is 114 Å². The van der Waals surface area contributed by atoms with Crippen molar-refractivity contribution in [3.8, 4) is 134 Å². The summed E-state index contributed by atoms with van der Waals surface area (Å²) in [4.78, 5) is 66.3. The van der Waals surface area contributed by atoms with Gasteiger partial charge in [-0.05, 0) is 236 Å². The number of carbonyl (C=O) groups excluding carboxylic acids is 4. The number of fused-ring (bicyclic) bond motifs is 8. The molecule has 4 amide bonds. The summed E-state index contributed by atoms with van der Waals surface area (Å²) in [5, 5.41) is 102. The van der Waals surface area contributed by atoms with Gasteiger partial charge in [-0.1, -0.05) is 101 Å². The van der Waals surface area contributed by atoms with Crippen LogP contribution >= 0.6 is 34.2 Å². The van der Waals surface area contributed by atoms with Gasteiger partial charge in [0, 0.05) is 126 Å². The predicted octanol–water partition coefficient (Wildman–Crippen LogP) is 15.5. The number of hydrogen-bond acceptors (Lipinski definition) is 29. The van der Waals surface area contributed by atoms with Crippen molar-refractivity contribution in [1.29, 1.82) is 21.0 Å². The van der Waals surface area contributed by atoms with E-state index in [1.54, 1.807) is 62.1 Å². The zero-order valence-corrected chi connectivity index (χ0v) is 79.1. The summed E-state index contributed by atoms with van der Waals surface area (Å²) in [6, 6.07) is 55.0. The van der Waals surface area contributed by atoms with Gasteiger partial charge >= 0.3 is 6.09 Å². The van der Waals surface area contributed by atoms with Crippen LogP contribution in [0.15, 0.2) is 150 Å². The van der Waals surface area contributed by atoms with Gasteiger partial charge in [-0.2, -0.15) is 30.4 Å². The lowest BCUT2D eigenvalue weighted by molar-refractivity contribution is -0.128. The van der Waals surface area contributed by atoms with Gasteiger partial charge in [0.2, 0.25) is 23.5 Å². The highest BCUT2D eigenvalue weighted by atomic mass is 32.1. The lowest BCUT2D eigenvalue weighted by Crippen LogP contribution is -2.44. The van der Waals surface area contributed by atoms with Crippen LogP contribution in [0.5, 0.6) is 23.0 Å². The molecule has 4 spiro atoms. The molecule has 8 aromatic carbocycles. The number of nitrogens with zero attached hydrogens (tertiary/aromatic N) is 16. The Morgan fingerprint density at radius 1 is 0.412 bits per heavy atom. The van der Waals surface area contributed by atoms with E-state index in [1.165, 1.54) is 67.6 Å². The lowest BCUT2D eigenvalue weighted by atomic mass is 9.80. The molecule has 0 bridgehead atoms. The molecule has 4 N–H and O–H groups in total. The standard InChI is InChI=1S/3C26H26N4O3S.C25H24N4O5/c2*1-16(2)33-22-7-6-17(12-18(22)14-27)24-28-29-25(34-24)20-4-3-5-21-19(20)8-9-26(21)13-23(32)30(15-26)10-11-31;1-16(2)33-22-7-6-17(12-18(22)14-27)24-28-25(34-29-24)20-4-3-5-21-19(20)8-9-26(21)13-23(32)30(15-26)10-11-31;1-15(2)33-21-7-6-16(12-17(21)13-26)23-27-22(28-34-23)19-4-3-5-20-18(19)8-9-25(20)14-32-24(31)29(25)10-11-30/h3*3-7,12,16,31H,8-11,13,15H2,1-2H3;3-7,12,15,30H,8-11,14H2,1-2H3/t3*26-;25-/m1011/s1. The molecule has 8 aliphatic rings. The fraction of sp³-hybridized carbons (Fsp3) is 0.379. The summed E-state index contributed by atoms with van der Waals surface area (Å²) in [5.74, 6) is 3.87. The molecule has 0 unspecified atom stereocenters. The second kappa shape index (κ2) is 39.7. The van der Waals surface area contributed by atoms with Crippen LogP contribution < -0.4 is 18.9 Å². The number of benzene rings is 8. The maximum atomic E-state index is 12.5. The first-order chi connectivity index (χ1) is 65.8. The van der Waals surface area contributed by atoms with Crippen LogP contribution in [0.4, 0.5) is 4.79 Å². The molecule has 4 saturated heterocycles. The number of cyclic esters (lactones) is 1. The average Bonchev–Trinajstić information content (AvgIpc) is 1.58. The largest absolute Gasteiger partial charge is 0.490 e. The van der Waals surface area contributed by atoms with Gasteiger partial charge in [-0.3, -0.25) is 19.3 Å². The molecule has 0 radical (unpaired) electrons. The number of β-amino-alcohol motifs (C(OH)–C–C–N with tert-alkyl or cyclic N) is 4. The predicted molar refractivity (Wildman–Crippen MR) is 509 cm³/mol. The summed E-state index contributed by atoms with van der Waals surface area (Å²) in [6.07, 6.45) is 7.80. The van der Waals surface area contributed by atoms with Crippen molar-refractivity contribution in [3.63, 3.8) is 0 Å². The number of nitriles is 4. The minimum Gasteiger partial charge on any atom is -0.490 e. The minimum absolute atomic E-state index is 0.0135. The fourth-order valence-corrected chi connectivity index (χ4v) is 23.0. The zero-order chi connectivity index (χ0) is 95.5. The number of aliphatic hydroxyl groups excluding tert-OH is 4. The van der Waals surface area contributed by atoms with Crippen molar-refractivity contribution >= 4 is 58.0 Å². The number of rotatable bonds is 24. The lowest BCUT2D eigenvalue weighted by Gasteiger charge is -2.32. The second-order valence-corrected chi connectivity index (χ2v) is 39.1. The molecule has 0 saturated carbocycles. The van der Waals surface area contributed by atoms with Gasteiger partial charge in [0.25, 0.3) is 5.89 Å². The van der Waals surface area contributed by atoms with Gasteiger partial charge in [-0.15, -0.1) is 20.4 Å². The number of likely N-dealkylation sites (tertiary alicyclic amines) is 3. The molecule has 136 heavy (non-hydrogen) atoms. The number of aromatic nitrogens is 8. The molecular formula is C103H102N16O14S3. The quantitative estimate of drug-likeness (QED) is 0.0436. The number of ether oxygens (including phenoxy) is 5. The highest BCUT2D eigenvalue weighted by Crippen LogP contribution is 2.54. The van der Waals surface area contributed by atoms with Crippen molar-refractivity contribution < 1.29 is 67.8 Å². The molecule has 4 atom stereocenters. The monoisotopic (exact) mass is 1880 g/mol. The van der Waals surface area contributed by atoms with Gasteiger partial charge < -0.3 is 63.3 Å². The van der Waals surface area contributed by atoms with Crippen LogP contribution in [0.3, 0.4) is 0 Å². The number of hydrogen-bond donors (Lipinski definition) is 4. The van der Waals surface area contributed by atoms with Crippen molar-refractivity contribution in [3.05, 3.63) is 212 Å². The Morgan fingerprint density at radius 3 is 1.18 bits per heavy atom. The van der Waals surface area contributed by atoms with E-state index in [4.69, 9.17) is 33.2 Å². The molecule has 4 aliphatic heterocycles. The third kappa shape index (κ3) is 18.5. The number of amides is 4. The highest BCUT2D eigenvalue weighted by molar-refractivity contribution is 7.18. The molecule has 12 aromatic rings. The molecule has 20 rings (SSSR count). The molecule has 4 aromatic heterocycles. The smallest absolute Gasteiger partial charge is 0.410 e. The number of carbonyl (C=O) groups is 4. The van der Waals surface area contributed by atoms with Gasteiger partial charge in [-0.25, -0.2) is 9.78 Å². The third-order valence-electron chi connectivity index (χ3n) is 26.4. The fourth-order valence-electron chi connectivity index (χ4n) is 20.5. The highest BCUT2D eigenvalue weighted by Gasteiger charge is 2.54. The Morgan fingerprint density at radius 2 is 0.772 bits per heavy atom. The average molecular weight is 1880 g/mol. The normalized spacial score (nSPS) is 19.1. The van der Waals surface area contributed by atoms with E-state index in [2.05, 4.69) is 95.6 Å². The van der Waals surface area contributed by atoms with Gasteiger partial charge in [0.05, 0.1) is 73.1 Å². The maximum absolute atomic E-state index is 12.5. The Kier molecular flexibility index (Phi) is 27.4. The molecule has 4 fully saturated rings. The Hall–Kier alpha value is -13.7. The first-order valence-electron chi connectivity index (χ1n) is 45.7. The molecule has 30 nitrogen and oxygen atoms in total. The SMILES string of the molecule is CC(C)Oc1ccc(-c2nc(-c3cccc4c3CC[C@@]43COC(=O)N3CCO)no2)cc1C#N.CC(C)Oc1ccc(-c2nnc(-c3cccc4c3CC[C@@]43CC(=O)N(CCO)C3)s2)cc1C#N.CC(C)Oc1ccc(-c2nnc(-c3cccc4c3CC[C@]43CC(=O)N(CCO)C3)s2)cc1C#N.CC(C)Oc1ccc(-c2nsc(-c3cccc4c3CC[C@]43CC(=O)N(CCO)C3)n2)cc1C#N. The Labute approximate surface area is 799 Å². The van der Waals surface area contributed by atoms with Crippen LogP contribution in [-0.2, 0) is 66.6 Å². The first-order valence-corrected chi connectivity index (χ1v) is 48.1. The van der Waals surface area contributed by atoms with Crippen LogP contribution in [0.2, 0.25) is 0 Å². The van der Waals surface area contributed by atoms with E-state index in [0.29, 0.717) is 140 Å². The molecule has 4 aliphatic carbocycles. The summed E-state index contributed by atoms with van der Waals surface area (Å²) in [7, 11) is 0. The molecule has 696 valence electrons. The third-order valence-corrected chi connectivity index (χ3v) is 29.1. The van der Waals surface area contributed by atoms with Gasteiger partial charge in [0.15, 0.2) is 5.82 Å². The van der Waals surface area contributed by atoms with Crippen LogP contribution in [0, 0.1) is 45.3 Å². The van der Waals surface area contributed by atoms with Crippen LogP contribution in [-0.4, -0.2) is 207 Å². The second-order valence-electron chi connectivity index (χ2n) is 36.4. The number of aliphatic hydroxyl groups is 4. The van der Waals surface area contributed by atoms with Crippen molar-refractivity contribution in [1.82, 2.24) is 59.5 Å². The molecular weight excluding hydrogens is 1780 g/mol. The summed E-state index contributed by atoms with van der Waals surface area (Å²) >= 11 is 4.35. The van der Waals surface area contributed by atoms with E-state index < -0.39 is 11.6 Å². The Bertz CT molecular complexity index is 6300. The molecule has 33 heteroatoms. The van der Waals surface area contributed by atoms with E-state index in [9.17, 15) is 60.7 Å². The van der Waals surface area contributed by atoms with Crippen molar-refractivity contribution in [2.75, 3.05) is 78.8 Å². The van der Waals surface area contributed by atoms with Gasteiger partial charge in [0.1, 0.15) is 84.5 Å². The van der Waals surface area contributed by atoms with Crippen molar-refractivity contribution in [2.24, 2.45) is 0 Å². The summed E-state index contributed by atoms with van der Waals surface area (Å²) in [5.41, 5.74) is 17.1. The zero-order valence-electron chi connectivity index (χ0n) is 76.7. The van der Waals surface area contributed by atoms with E-state index >= 15 is 0 Å². The summed E-state index contributed by atoms with van der Waals surface area (Å²) in [6.45, 7) is 18.8.